The third-order valence-electron chi connectivity index (χ3n) is 3.97. The molecular formula is C20H15BrF3NO2. The van der Waals surface area contributed by atoms with Crippen LogP contribution in [0.4, 0.5) is 13.2 Å². The lowest BCUT2D eigenvalue weighted by Crippen LogP contribution is -2.21. The molecule has 0 aliphatic heterocycles. The lowest BCUT2D eigenvalue weighted by Gasteiger charge is -2.15. The van der Waals surface area contributed by atoms with Crippen molar-refractivity contribution in [3.05, 3.63) is 98.4 Å². The molecule has 0 N–H and O–H groups in total. The van der Waals surface area contributed by atoms with Crippen molar-refractivity contribution < 1.29 is 17.9 Å². The van der Waals surface area contributed by atoms with E-state index >= 15 is 0 Å². The molecule has 0 aliphatic rings. The number of benzene rings is 2. The molecule has 0 atom stereocenters. The molecule has 0 radical (unpaired) electrons. The van der Waals surface area contributed by atoms with Crippen molar-refractivity contribution in [3.8, 4) is 5.75 Å². The van der Waals surface area contributed by atoms with Gasteiger partial charge in [0.15, 0.2) is 0 Å². The van der Waals surface area contributed by atoms with Crippen molar-refractivity contribution in [2.45, 2.75) is 19.3 Å². The SMILES string of the molecule is O=c1c(Br)c(OCc2ccccc2C(F)(F)F)ccn1Cc1ccccc1. The highest BCUT2D eigenvalue weighted by Gasteiger charge is 2.33. The predicted octanol–water partition coefficient (Wildman–Crippen LogP) is 5.26. The van der Waals surface area contributed by atoms with E-state index in [4.69, 9.17) is 4.74 Å². The summed E-state index contributed by atoms with van der Waals surface area (Å²) in [5.41, 5.74) is -0.108. The molecule has 0 spiro atoms. The molecule has 3 aromatic rings. The minimum Gasteiger partial charge on any atom is -0.487 e. The van der Waals surface area contributed by atoms with Gasteiger partial charge in [-0.2, -0.15) is 13.2 Å². The molecule has 1 heterocycles. The molecule has 2 aromatic carbocycles. The Bertz CT molecular complexity index is 985. The van der Waals surface area contributed by atoms with Gasteiger partial charge < -0.3 is 9.30 Å². The van der Waals surface area contributed by atoms with Crippen LogP contribution in [0.5, 0.6) is 5.75 Å². The van der Waals surface area contributed by atoms with E-state index in [0.29, 0.717) is 6.54 Å². The van der Waals surface area contributed by atoms with Gasteiger partial charge in [-0.25, -0.2) is 0 Å². The summed E-state index contributed by atoms with van der Waals surface area (Å²) >= 11 is 3.20. The van der Waals surface area contributed by atoms with Gasteiger partial charge in [0.25, 0.3) is 5.56 Å². The maximum atomic E-state index is 13.1. The standard InChI is InChI=1S/C20H15BrF3NO2/c21-18-17(27-13-15-8-4-5-9-16(15)20(22,23)24)10-11-25(19(18)26)12-14-6-2-1-3-7-14/h1-11H,12-13H2. The van der Waals surface area contributed by atoms with E-state index in [1.165, 1.54) is 22.8 Å². The predicted molar refractivity (Wildman–Crippen MR) is 99.7 cm³/mol. The summed E-state index contributed by atoms with van der Waals surface area (Å²) in [5, 5.41) is 0. The number of rotatable bonds is 5. The maximum absolute atomic E-state index is 13.1. The zero-order chi connectivity index (χ0) is 19.4. The van der Waals surface area contributed by atoms with E-state index in [-0.39, 0.29) is 28.0 Å². The molecule has 3 nitrogen and oxygen atoms in total. The van der Waals surface area contributed by atoms with Crippen LogP contribution in [0.25, 0.3) is 0 Å². The zero-order valence-corrected chi connectivity index (χ0v) is 15.6. The van der Waals surface area contributed by atoms with Crippen LogP contribution in [-0.2, 0) is 19.3 Å². The Kier molecular flexibility index (Phi) is 5.70. The van der Waals surface area contributed by atoms with Gasteiger partial charge in [-0.3, -0.25) is 4.79 Å². The van der Waals surface area contributed by atoms with Crippen LogP contribution in [0.2, 0.25) is 0 Å². The summed E-state index contributed by atoms with van der Waals surface area (Å²) < 4.78 is 46.3. The van der Waals surface area contributed by atoms with Gasteiger partial charge >= 0.3 is 6.18 Å². The van der Waals surface area contributed by atoms with Gasteiger partial charge in [-0.1, -0.05) is 48.5 Å². The summed E-state index contributed by atoms with van der Waals surface area (Å²) in [6, 6.07) is 16.2. The van der Waals surface area contributed by atoms with Crippen LogP contribution >= 0.6 is 15.9 Å². The fourth-order valence-corrected chi connectivity index (χ4v) is 3.10. The van der Waals surface area contributed by atoms with Crippen molar-refractivity contribution in [3.63, 3.8) is 0 Å². The number of ether oxygens (including phenoxy) is 1. The zero-order valence-electron chi connectivity index (χ0n) is 14.0. The number of nitrogens with zero attached hydrogens (tertiary/aromatic N) is 1. The minimum atomic E-state index is -4.46. The third kappa shape index (κ3) is 4.60. The van der Waals surface area contributed by atoms with Crippen molar-refractivity contribution in [2.75, 3.05) is 0 Å². The Morgan fingerprint density at radius 2 is 1.63 bits per heavy atom. The maximum Gasteiger partial charge on any atom is 0.416 e. The molecule has 0 bridgehead atoms. The van der Waals surface area contributed by atoms with Crippen LogP contribution in [0.1, 0.15) is 16.7 Å². The van der Waals surface area contributed by atoms with Crippen LogP contribution in [0, 0.1) is 0 Å². The van der Waals surface area contributed by atoms with Crippen molar-refractivity contribution in [2.24, 2.45) is 0 Å². The molecule has 0 aliphatic carbocycles. The average Bonchev–Trinajstić information content (AvgIpc) is 2.65. The molecule has 140 valence electrons. The summed E-state index contributed by atoms with van der Waals surface area (Å²) in [6.45, 7) is 0.0892. The number of aromatic nitrogens is 1. The first-order chi connectivity index (χ1) is 12.9. The second kappa shape index (κ2) is 8.00. The fraction of sp³-hybridized carbons (Fsp3) is 0.150. The molecule has 3 rings (SSSR count). The molecule has 0 amide bonds. The van der Waals surface area contributed by atoms with Gasteiger partial charge in [0, 0.05) is 11.8 Å². The summed E-state index contributed by atoms with van der Waals surface area (Å²) in [6.07, 6.45) is -2.90. The average molecular weight is 438 g/mol. The molecule has 7 heteroatoms. The highest BCUT2D eigenvalue weighted by atomic mass is 79.9. The van der Waals surface area contributed by atoms with Crippen LogP contribution < -0.4 is 10.3 Å². The van der Waals surface area contributed by atoms with Crippen molar-refractivity contribution >= 4 is 15.9 Å². The quantitative estimate of drug-likeness (QED) is 0.545. The second-order valence-corrected chi connectivity index (χ2v) is 6.65. The molecule has 0 unspecified atom stereocenters. The van der Waals surface area contributed by atoms with E-state index in [2.05, 4.69) is 15.9 Å². The normalized spacial score (nSPS) is 11.4. The number of hydrogen-bond donors (Lipinski definition) is 0. The Hall–Kier alpha value is -2.54. The number of alkyl halides is 3. The van der Waals surface area contributed by atoms with Gasteiger partial charge in [-0.15, -0.1) is 0 Å². The third-order valence-corrected chi connectivity index (χ3v) is 4.70. The Balaban J connectivity index is 1.80. The number of halogens is 4. The lowest BCUT2D eigenvalue weighted by atomic mass is 10.1. The lowest BCUT2D eigenvalue weighted by molar-refractivity contribution is -0.138. The van der Waals surface area contributed by atoms with E-state index in [9.17, 15) is 18.0 Å². The van der Waals surface area contributed by atoms with E-state index in [1.807, 2.05) is 30.3 Å². The highest BCUT2D eigenvalue weighted by molar-refractivity contribution is 9.10. The minimum absolute atomic E-state index is 0.00497. The number of hydrogen-bond acceptors (Lipinski definition) is 2. The summed E-state index contributed by atoms with van der Waals surface area (Å²) in [5.74, 6) is 0.196. The van der Waals surface area contributed by atoms with Gasteiger partial charge in [-0.05, 0) is 33.6 Å². The summed E-state index contributed by atoms with van der Waals surface area (Å²) in [4.78, 5) is 12.5. The van der Waals surface area contributed by atoms with Gasteiger partial charge in [0.05, 0.1) is 12.1 Å². The first-order valence-corrected chi connectivity index (χ1v) is 8.86. The monoisotopic (exact) mass is 437 g/mol. The number of pyridine rings is 1. The highest BCUT2D eigenvalue weighted by Crippen LogP contribution is 2.32. The van der Waals surface area contributed by atoms with E-state index in [0.717, 1.165) is 11.6 Å². The van der Waals surface area contributed by atoms with Gasteiger partial charge in [0.1, 0.15) is 16.8 Å². The van der Waals surface area contributed by atoms with Crippen molar-refractivity contribution in [1.82, 2.24) is 4.57 Å². The molecule has 27 heavy (non-hydrogen) atoms. The van der Waals surface area contributed by atoms with Crippen LogP contribution in [0.3, 0.4) is 0 Å². The van der Waals surface area contributed by atoms with Crippen molar-refractivity contribution in [1.29, 1.82) is 0 Å². The first kappa shape index (κ1) is 19.2. The van der Waals surface area contributed by atoms with E-state index in [1.54, 1.807) is 12.3 Å². The largest absolute Gasteiger partial charge is 0.487 e. The van der Waals surface area contributed by atoms with Gasteiger partial charge in [0.2, 0.25) is 0 Å². The van der Waals surface area contributed by atoms with Crippen LogP contribution in [0.15, 0.2) is 76.1 Å². The van der Waals surface area contributed by atoms with E-state index < -0.39 is 11.7 Å². The Morgan fingerprint density at radius 3 is 2.33 bits per heavy atom. The molecular weight excluding hydrogens is 423 g/mol. The summed E-state index contributed by atoms with van der Waals surface area (Å²) in [7, 11) is 0. The Morgan fingerprint density at radius 1 is 0.963 bits per heavy atom. The molecule has 0 saturated heterocycles. The fourth-order valence-electron chi connectivity index (χ4n) is 2.62. The molecule has 1 aromatic heterocycles. The molecule has 0 fully saturated rings. The molecule has 0 saturated carbocycles. The Labute approximate surface area is 162 Å². The first-order valence-electron chi connectivity index (χ1n) is 8.07. The van der Waals surface area contributed by atoms with Crippen LogP contribution in [-0.4, -0.2) is 4.57 Å². The smallest absolute Gasteiger partial charge is 0.416 e. The second-order valence-electron chi connectivity index (χ2n) is 5.86. The topological polar surface area (TPSA) is 31.2 Å².